The maximum atomic E-state index is 12.3. The van der Waals surface area contributed by atoms with Crippen LogP contribution in [0.25, 0.3) is 0 Å². The Morgan fingerprint density at radius 1 is 0.882 bits per heavy atom. The fourth-order valence-corrected chi connectivity index (χ4v) is 2.96. The molecule has 0 aliphatic rings. The van der Waals surface area contributed by atoms with E-state index < -0.39 is 5.97 Å². The average Bonchev–Trinajstić information content (AvgIpc) is 2.88. The third kappa shape index (κ3) is 7.30. The van der Waals surface area contributed by atoms with E-state index in [2.05, 4.69) is 15.8 Å². The molecule has 34 heavy (non-hydrogen) atoms. The number of hydrogen-bond acceptors (Lipinski definition) is 6. The number of methoxy groups -OCH3 is 1. The molecule has 0 saturated heterocycles. The van der Waals surface area contributed by atoms with Crippen molar-refractivity contribution in [2.45, 2.75) is 12.8 Å². The summed E-state index contributed by atoms with van der Waals surface area (Å²) in [5.41, 5.74) is 4.10. The Labute approximate surface area is 197 Å². The van der Waals surface area contributed by atoms with Crippen molar-refractivity contribution in [2.24, 2.45) is 5.10 Å². The molecule has 2 amide bonds. The fourth-order valence-electron chi connectivity index (χ4n) is 2.96. The summed E-state index contributed by atoms with van der Waals surface area (Å²) in [4.78, 5) is 36.2. The highest BCUT2D eigenvalue weighted by Crippen LogP contribution is 2.28. The molecule has 3 aromatic carbocycles. The van der Waals surface area contributed by atoms with Crippen molar-refractivity contribution in [2.75, 3.05) is 13.7 Å². The van der Waals surface area contributed by atoms with Crippen molar-refractivity contribution in [3.63, 3.8) is 0 Å². The van der Waals surface area contributed by atoms with Gasteiger partial charge in [0, 0.05) is 18.5 Å². The number of amides is 2. The summed E-state index contributed by atoms with van der Waals surface area (Å²) in [5, 5.41) is 6.71. The summed E-state index contributed by atoms with van der Waals surface area (Å²) < 4.78 is 10.7. The van der Waals surface area contributed by atoms with E-state index in [9.17, 15) is 14.4 Å². The number of rotatable bonds is 10. The molecule has 0 fully saturated rings. The molecule has 0 atom stereocenters. The molecule has 2 N–H and O–H groups in total. The van der Waals surface area contributed by atoms with Gasteiger partial charge in [0.05, 0.1) is 18.9 Å². The Morgan fingerprint density at radius 3 is 2.24 bits per heavy atom. The maximum Gasteiger partial charge on any atom is 0.343 e. The first-order chi connectivity index (χ1) is 16.6. The van der Waals surface area contributed by atoms with Gasteiger partial charge in [-0.25, -0.2) is 10.2 Å². The van der Waals surface area contributed by atoms with Gasteiger partial charge >= 0.3 is 5.97 Å². The Kier molecular flexibility index (Phi) is 8.92. The zero-order valence-corrected chi connectivity index (χ0v) is 18.7. The molecule has 0 aliphatic heterocycles. The van der Waals surface area contributed by atoms with E-state index in [0.29, 0.717) is 35.4 Å². The van der Waals surface area contributed by atoms with Gasteiger partial charge in [0.1, 0.15) is 0 Å². The summed E-state index contributed by atoms with van der Waals surface area (Å²) in [6, 6.07) is 22.4. The van der Waals surface area contributed by atoms with Crippen LogP contribution in [-0.4, -0.2) is 37.7 Å². The largest absolute Gasteiger partial charge is 0.493 e. The number of benzene rings is 3. The first-order valence-electron chi connectivity index (χ1n) is 10.7. The monoisotopic (exact) mass is 459 g/mol. The van der Waals surface area contributed by atoms with Gasteiger partial charge in [0.25, 0.3) is 5.91 Å². The summed E-state index contributed by atoms with van der Waals surface area (Å²) in [7, 11) is 1.47. The summed E-state index contributed by atoms with van der Waals surface area (Å²) in [5.74, 6) is -0.312. The lowest BCUT2D eigenvalue weighted by atomic mass is 10.2. The topological polar surface area (TPSA) is 106 Å². The van der Waals surface area contributed by atoms with Crippen molar-refractivity contribution in [1.29, 1.82) is 0 Å². The van der Waals surface area contributed by atoms with E-state index in [1.54, 1.807) is 66.7 Å². The predicted molar refractivity (Wildman–Crippen MR) is 128 cm³/mol. The minimum Gasteiger partial charge on any atom is -0.493 e. The van der Waals surface area contributed by atoms with E-state index in [4.69, 9.17) is 9.47 Å². The van der Waals surface area contributed by atoms with E-state index >= 15 is 0 Å². The molecule has 174 valence electrons. The van der Waals surface area contributed by atoms with E-state index in [1.165, 1.54) is 13.3 Å². The SMILES string of the molecule is COc1cc(/C=N/NC(=O)CCCNC(=O)c2ccccc2)ccc1OC(=O)c1ccccc1. The first kappa shape index (κ1) is 24.2. The lowest BCUT2D eigenvalue weighted by Gasteiger charge is -2.10. The van der Waals surface area contributed by atoms with Crippen molar-refractivity contribution in [1.82, 2.24) is 10.7 Å². The molecule has 3 rings (SSSR count). The predicted octanol–water partition coefficient (Wildman–Crippen LogP) is 3.57. The highest BCUT2D eigenvalue weighted by molar-refractivity contribution is 5.94. The van der Waals surface area contributed by atoms with Gasteiger partial charge in [-0.3, -0.25) is 9.59 Å². The second-order valence-electron chi connectivity index (χ2n) is 7.18. The maximum absolute atomic E-state index is 12.3. The van der Waals surface area contributed by atoms with Gasteiger partial charge in [-0.05, 0) is 54.4 Å². The number of carbonyl (C=O) groups excluding carboxylic acids is 3. The molecule has 8 nitrogen and oxygen atoms in total. The lowest BCUT2D eigenvalue weighted by Crippen LogP contribution is -2.26. The summed E-state index contributed by atoms with van der Waals surface area (Å²) >= 11 is 0. The normalized spacial score (nSPS) is 10.5. The second kappa shape index (κ2) is 12.5. The molecule has 3 aromatic rings. The smallest absolute Gasteiger partial charge is 0.343 e. The lowest BCUT2D eigenvalue weighted by molar-refractivity contribution is -0.121. The fraction of sp³-hybridized carbons (Fsp3) is 0.154. The third-order valence-corrected chi connectivity index (χ3v) is 4.70. The second-order valence-corrected chi connectivity index (χ2v) is 7.18. The van der Waals surface area contributed by atoms with Crippen LogP contribution in [0.1, 0.15) is 39.1 Å². The van der Waals surface area contributed by atoms with Crippen LogP contribution in [-0.2, 0) is 4.79 Å². The van der Waals surface area contributed by atoms with Crippen LogP contribution in [0.4, 0.5) is 0 Å². The highest BCUT2D eigenvalue weighted by atomic mass is 16.6. The quantitative estimate of drug-likeness (QED) is 0.159. The Hall–Kier alpha value is -4.46. The number of carbonyl (C=O) groups is 3. The van der Waals surface area contributed by atoms with Crippen molar-refractivity contribution < 1.29 is 23.9 Å². The van der Waals surface area contributed by atoms with Gasteiger partial charge in [0.15, 0.2) is 11.5 Å². The first-order valence-corrected chi connectivity index (χ1v) is 10.7. The minimum absolute atomic E-state index is 0.175. The molecule has 0 spiro atoms. The Morgan fingerprint density at radius 2 is 1.56 bits per heavy atom. The molecule has 0 unspecified atom stereocenters. The zero-order chi connectivity index (χ0) is 24.2. The molecular formula is C26H25N3O5. The van der Waals surface area contributed by atoms with Crippen LogP contribution < -0.4 is 20.2 Å². The number of esters is 1. The van der Waals surface area contributed by atoms with E-state index in [0.717, 1.165) is 0 Å². The van der Waals surface area contributed by atoms with Gasteiger partial charge in [-0.15, -0.1) is 0 Å². The standard InChI is InChI=1S/C26H25N3O5/c1-33-23-17-19(14-15-22(23)34-26(32)21-11-6-3-7-12-21)18-28-29-24(30)13-8-16-27-25(31)20-9-4-2-5-10-20/h2-7,9-12,14-15,17-18H,8,13,16H2,1H3,(H,27,31)(H,29,30)/b28-18+. The molecule has 0 heterocycles. The van der Waals surface area contributed by atoms with Crippen LogP contribution in [0.3, 0.4) is 0 Å². The van der Waals surface area contributed by atoms with Crippen LogP contribution in [0, 0.1) is 0 Å². The van der Waals surface area contributed by atoms with Crippen molar-refractivity contribution in [3.8, 4) is 11.5 Å². The highest BCUT2D eigenvalue weighted by Gasteiger charge is 2.12. The molecule has 0 radical (unpaired) electrons. The number of ether oxygens (including phenoxy) is 2. The van der Waals surface area contributed by atoms with Gasteiger partial charge in [-0.1, -0.05) is 36.4 Å². The zero-order valence-electron chi connectivity index (χ0n) is 18.7. The van der Waals surface area contributed by atoms with E-state index in [1.807, 2.05) is 12.1 Å². The van der Waals surface area contributed by atoms with Crippen LogP contribution in [0.15, 0.2) is 84.0 Å². The molecule has 8 heteroatoms. The molecule has 0 saturated carbocycles. The van der Waals surface area contributed by atoms with Crippen molar-refractivity contribution >= 4 is 24.0 Å². The van der Waals surface area contributed by atoms with Crippen LogP contribution >= 0.6 is 0 Å². The van der Waals surface area contributed by atoms with Crippen LogP contribution in [0.5, 0.6) is 11.5 Å². The van der Waals surface area contributed by atoms with Gasteiger partial charge < -0.3 is 14.8 Å². The minimum atomic E-state index is -0.493. The third-order valence-electron chi connectivity index (χ3n) is 4.70. The molecule has 0 aromatic heterocycles. The van der Waals surface area contributed by atoms with Crippen LogP contribution in [0.2, 0.25) is 0 Å². The molecular weight excluding hydrogens is 434 g/mol. The Bertz CT molecular complexity index is 1150. The molecule has 0 aliphatic carbocycles. The number of nitrogens with one attached hydrogen (secondary N) is 2. The van der Waals surface area contributed by atoms with Gasteiger partial charge in [-0.2, -0.15) is 5.10 Å². The number of hydrogen-bond donors (Lipinski definition) is 2. The Balaban J connectivity index is 1.44. The van der Waals surface area contributed by atoms with Crippen molar-refractivity contribution in [3.05, 3.63) is 95.6 Å². The van der Waals surface area contributed by atoms with E-state index in [-0.39, 0.29) is 24.0 Å². The number of nitrogens with zero attached hydrogens (tertiary/aromatic N) is 1. The average molecular weight is 460 g/mol. The summed E-state index contributed by atoms with van der Waals surface area (Å²) in [6.45, 7) is 0.380. The molecule has 0 bridgehead atoms. The number of hydrazone groups is 1. The van der Waals surface area contributed by atoms with Gasteiger partial charge in [0.2, 0.25) is 5.91 Å². The summed E-state index contributed by atoms with van der Waals surface area (Å²) in [6.07, 6.45) is 2.15.